The summed E-state index contributed by atoms with van der Waals surface area (Å²) in [7, 11) is 0. The molecule has 1 aromatic heterocycles. The number of benzene rings is 2. The number of hydrogen-bond donors (Lipinski definition) is 1. The van der Waals surface area contributed by atoms with E-state index in [0.29, 0.717) is 16.2 Å². The third kappa shape index (κ3) is 4.06. The molecule has 0 aliphatic heterocycles. The molecule has 0 fully saturated rings. The van der Waals surface area contributed by atoms with Gasteiger partial charge in [0, 0.05) is 26.3 Å². The van der Waals surface area contributed by atoms with Gasteiger partial charge in [0.25, 0.3) is 11.4 Å². The average Bonchev–Trinajstić information content (AvgIpc) is 3.07. The molecule has 0 atom stereocenters. The lowest BCUT2D eigenvalue weighted by molar-refractivity contribution is -0.394. The van der Waals surface area contributed by atoms with Crippen LogP contribution >= 0.6 is 75.5 Å². The Kier molecular flexibility index (Phi) is 6.25. The third-order valence-corrected chi connectivity index (χ3v) is 9.20. The van der Waals surface area contributed by atoms with Crippen LogP contribution in [-0.2, 0) is 5.75 Å². The van der Waals surface area contributed by atoms with Crippen molar-refractivity contribution >= 4 is 97.9 Å². The first-order chi connectivity index (χ1) is 12.7. The summed E-state index contributed by atoms with van der Waals surface area (Å²) >= 11 is 15.2. The predicted octanol–water partition coefficient (Wildman–Crippen LogP) is 6.72. The standard InChI is InChI=1S/C14H6Br4N4O4S/c15-8-9(16)11(18)13-12(10(8)17)19-14(20-13)27-4-5-1-2-6(21(23)24)3-7(5)22(25)26/h1-3H,4H2,(H,19,20). The molecule has 0 saturated heterocycles. The van der Waals surface area contributed by atoms with Crippen LogP contribution < -0.4 is 0 Å². The molecule has 0 saturated carbocycles. The molecule has 1 heterocycles. The smallest absolute Gasteiger partial charge is 0.280 e. The van der Waals surface area contributed by atoms with E-state index in [1.807, 2.05) is 0 Å². The van der Waals surface area contributed by atoms with E-state index in [9.17, 15) is 20.2 Å². The summed E-state index contributed by atoms with van der Waals surface area (Å²) in [5, 5.41) is 22.6. The second-order valence-corrected chi connectivity index (χ2v) is 9.27. The minimum Gasteiger partial charge on any atom is -0.332 e. The van der Waals surface area contributed by atoms with E-state index >= 15 is 0 Å². The first-order valence-corrected chi connectivity index (χ1v) is 11.1. The lowest BCUT2D eigenvalue weighted by atomic mass is 10.2. The van der Waals surface area contributed by atoms with Crippen LogP contribution in [0.2, 0.25) is 0 Å². The number of aromatic nitrogens is 2. The second kappa shape index (κ2) is 8.15. The molecule has 3 rings (SSSR count). The Morgan fingerprint density at radius 1 is 1.00 bits per heavy atom. The molecule has 8 nitrogen and oxygen atoms in total. The number of rotatable bonds is 5. The maximum Gasteiger partial charge on any atom is 0.280 e. The largest absolute Gasteiger partial charge is 0.332 e. The Bertz CT molecular complexity index is 1060. The van der Waals surface area contributed by atoms with E-state index < -0.39 is 9.85 Å². The number of hydrogen-bond acceptors (Lipinski definition) is 6. The van der Waals surface area contributed by atoms with E-state index in [0.717, 1.165) is 29.5 Å². The zero-order valence-electron chi connectivity index (χ0n) is 12.8. The summed E-state index contributed by atoms with van der Waals surface area (Å²) in [4.78, 5) is 28.5. The number of nitrogens with one attached hydrogen (secondary N) is 1. The van der Waals surface area contributed by atoms with Gasteiger partial charge in [0.1, 0.15) is 5.52 Å². The van der Waals surface area contributed by atoms with Crippen LogP contribution in [0.15, 0.2) is 41.2 Å². The van der Waals surface area contributed by atoms with Crippen molar-refractivity contribution in [2.75, 3.05) is 0 Å². The van der Waals surface area contributed by atoms with E-state index in [-0.39, 0.29) is 17.1 Å². The lowest BCUT2D eigenvalue weighted by Gasteiger charge is -2.03. The Hall–Kier alpha value is -1.02. The fourth-order valence-electron chi connectivity index (χ4n) is 2.25. The third-order valence-electron chi connectivity index (χ3n) is 3.53. The first-order valence-electron chi connectivity index (χ1n) is 6.97. The quantitative estimate of drug-likeness (QED) is 0.108. The zero-order valence-corrected chi connectivity index (χ0v) is 20.0. The normalized spacial score (nSPS) is 11.1. The number of thioether (sulfide) groups is 1. The highest BCUT2D eigenvalue weighted by Crippen LogP contribution is 2.43. The lowest BCUT2D eigenvalue weighted by Crippen LogP contribution is -1.97. The van der Waals surface area contributed by atoms with Gasteiger partial charge in [-0.2, -0.15) is 0 Å². The van der Waals surface area contributed by atoms with Crippen LogP contribution in [-0.4, -0.2) is 19.8 Å². The first kappa shape index (κ1) is 20.7. The van der Waals surface area contributed by atoms with Gasteiger partial charge in [0.2, 0.25) is 0 Å². The number of nitrogens with zero attached hydrogens (tertiary/aromatic N) is 3. The van der Waals surface area contributed by atoms with Gasteiger partial charge in [-0.05, 0) is 69.8 Å². The fraction of sp³-hybridized carbons (Fsp3) is 0.0714. The second-order valence-electron chi connectivity index (χ2n) is 5.14. The van der Waals surface area contributed by atoms with Crippen LogP contribution in [0, 0.1) is 20.2 Å². The van der Waals surface area contributed by atoms with E-state index in [1.165, 1.54) is 23.9 Å². The van der Waals surface area contributed by atoms with E-state index in [1.54, 1.807) is 0 Å². The summed E-state index contributed by atoms with van der Waals surface area (Å²) < 4.78 is 3.16. The van der Waals surface area contributed by atoms with Crippen molar-refractivity contribution in [1.29, 1.82) is 0 Å². The molecule has 0 amide bonds. The molecule has 0 bridgehead atoms. The highest BCUT2D eigenvalue weighted by Gasteiger charge is 2.21. The Morgan fingerprint density at radius 3 is 2.30 bits per heavy atom. The molecule has 13 heteroatoms. The van der Waals surface area contributed by atoms with Crippen molar-refractivity contribution in [2.45, 2.75) is 10.9 Å². The molecule has 0 aliphatic rings. The number of aromatic amines is 1. The molecule has 0 spiro atoms. The Labute approximate surface area is 189 Å². The number of halogens is 4. The summed E-state index contributed by atoms with van der Waals surface area (Å²) in [5.41, 5.74) is 1.22. The Morgan fingerprint density at radius 2 is 1.67 bits per heavy atom. The van der Waals surface area contributed by atoms with Gasteiger partial charge >= 0.3 is 0 Å². The monoisotopic (exact) mass is 642 g/mol. The molecule has 0 unspecified atom stereocenters. The average molecular weight is 646 g/mol. The molecular formula is C14H6Br4N4O4S. The van der Waals surface area contributed by atoms with E-state index in [4.69, 9.17) is 0 Å². The highest BCUT2D eigenvalue weighted by atomic mass is 79.9. The molecule has 27 heavy (non-hydrogen) atoms. The molecule has 2 aromatic carbocycles. The van der Waals surface area contributed by atoms with Gasteiger partial charge in [0.05, 0.1) is 30.4 Å². The van der Waals surface area contributed by atoms with Crippen molar-refractivity contribution in [3.8, 4) is 0 Å². The van der Waals surface area contributed by atoms with Crippen LogP contribution in [0.1, 0.15) is 5.56 Å². The summed E-state index contributed by atoms with van der Waals surface area (Å²) in [6.07, 6.45) is 0. The van der Waals surface area contributed by atoms with Crippen molar-refractivity contribution in [3.63, 3.8) is 0 Å². The fourth-order valence-corrected chi connectivity index (χ4v) is 5.40. The molecule has 3 aromatic rings. The minimum absolute atomic E-state index is 0.228. The summed E-state index contributed by atoms with van der Waals surface area (Å²) in [5.74, 6) is 0.228. The minimum atomic E-state index is -0.659. The van der Waals surface area contributed by atoms with Gasteiger partial charge in [-0.15, -0.1) is 0 Å². The van der Waals surface area contributed by atoms with Gasteiger partial charge in [0.15, 0.2) is 5.16 Å². The van der Waals surface area contributed by atoms with Crippen LogP contribution in [0.3, 0.4) is 0 Å². The maximum absolute atomic E-state index is 11.2. The van der Waals surface area contributed by atoms with Crippen molar-refractivity contribution < 1.29 is 9.85 Å². The number of nitro benzene ring substituents is 2. The molecular weight excluding hydrogens is 640 g/mol. The van der Waals surface area contributed by atoms with Gasteiger partial charge < -0.3 is 4.98 Å². The molecule has 140 valence electrons. The Balaban J connectivity index is 1.94. The number of non-ortho nitro benzene ring substituents is 1. The van der Waals surface area contributed by atoms with Crippen LogP contribution in [0.25, 0.3) is 11.0 Å². The van der Waals surface area contributed by atoms with Gasteiger partial charge in [-0.1, -0.05) is 11.8 Å². The van der Waals surface area contributed by atoms with Crippen molar-refractivity contribution in [3.05, 3.63) is 61.9 Å². The number of fused-ring (bicyclic) bond motifs is 1. The maximum atomic E-state index is 11.2. The van der Waals surface area contributed by atoms with Crippen LogP contribution in [0.5, 0.6) is 0 Å². The van der Waals surface area contributed by atoms with E-state index in [2.05, 4.69) is 73.7 Å². The van der Waals surface area contributed by atoms with Crippen LogP contribution in [0.4, 0.5) is 11.4 Å². The van der Waals surface area contributed by atoms with Gasteiger partial charge in [-0.3, -0.25) is 20.2 Å². The molecule has 0 aliphatic carbocycles. The number of nitro groups is 2. The predicted molar refractivity (Wildman–Crippen MR) is 116 cm³/mol. The highest BCUT2D eigenvalue weighted by molar-refractivity contribution is 9.15. The van der Waals surface area contributed by atoms with Crippen molar-refractivity contribution in [1.82, 2.24) is 9.97 Å². The van der Waals surface area contributed by atoms with Crippen molar-refractivity contribution in [2.24, 2.45) is 0 Å². The topological polar surface area (TPSA) is 115 Å². The summed E-state index contributed by atoms with van der Waals surface area (Å²) in [6, 6.07) is 3.61. The number of H-pyrrole nitrogens is 1. The zero-order chi connectivity index (χ0) is 19.9. The number of imidazole rings is 1. The molecule has 1 N–H and O–H groups in total. The summed E-state index contributed by atoms with van der Waals surface area (Å²) in [6.45, 7) is 0. The molecule has 0 radical (unpaired) electrons. The van der Waals surface area contributed by atoms with Gasteiger partial charge in [-0.25, -0.2) is 4.98 Å². The SMILES string of the molecule is O=[N+]([O-])c1ccc(CSc2nc3c(Br)c(Br)c(Br)c(Br)c3[nH]2)c([N+](=O)[O-])c1.